The third-order valence-corrected chi connectivity index (χ3v) is 1.93. The topological polar surface area (TPSA) is 55.1 Å². The SMILES string of the molecule is CNCCc1ccn2nnnc2c1. The molecule has 0 spiro atoms. The van der Waals surface area contributed by atoms with E-state index in [1.165, 1.54) is 5.56 Å². The monoisotopic (exact) mass is 177 g/mol. The van der Waals surface area contributed by atoms with Crippen LogP contribution in [0.15, 0.2) is 18.3 Å². The van der Waals surface area contributed by atoms with E-state index in [0.29, 0.717) is 0 Å². The molecule has 0 bridgehead atoms. The molecule has 0 unspecified atom stereocenters. The quantitative estimate of drug-likeness (QED) is 0.710. The van der Waals surface area contributed by atoms with Gasteiger partial charge in [-0.2, -0.15) is 0 Å². The molecule has 0 aliphatic rings. The molecule has 13 heavy (non-hydrogen) atoms. The van der Waals surface area contributed by atoms with Crippen molar-refractivity contribution >= 4 is 5.65 Å². The molecular weight excluding hydrogens is 166 g/mol. The first-order valence-corrected chi connectivity index (χ1v) is 4.21. The number of likely N-dealkylation sites (N-methyl/N-ethyl adjacent to an activating group) is 1. The van der Waals surface area contributed by atoms with Gasteiger partial charge in [-0.05, 0) is 48.1 Å². The first kappa shape index (κ1) is 8.12. The summed E-state index contributed by atoms with van der Waals surface area (Å²) in [5, 5.41) is 14.3. The molecule has 0 amide bonds. The molecule has 0 saturated heterocycles. The Balaban J connectivity index is 2.26. The van der Waals surface area contributed by atoms with Crippen molar-refractivity contribution in [1.82, 2.24) is 25.4 Å². The van der Waals surface area contributed by atoms with Gasteiger partial charge >= 0.3 is 0 Å². The van der Waals surface area contributed by atoms with E-state index in [1.54, 1.807) is 4.52 Å². The second-order valence-corrected chi connectivity index (χ2v) is 2.87. The van der Waals surface area contributed by atoms with E-state index >= 15 is 0 Å². The van der Waals surface area contributed by atoms with E-state index < -0.39 is 0 Å². The Kier molecular flexibility index (Phi) is 2.18. The molecule has 0 radical (unpaired) electrons. The Bertz CT molecular complexity index is 394. The van der Waals surface area contributed by atoms with Crippen molar-refractivity contribution in [3.05, 3.63) is 23.9 Å². The number of tetrazole rings is 1. The van der Waals surface area contributed by atoms with Crippen molar-refractivity contribution in [3.63, 3.8) is 0 Å². The fourth-order valence-corrected chi connectivity index (χ4v) is 1.21. The van der Waals surface area contributed by atoms with Crippen LogP contribution in [-0.4, -0.2) is 33.6 Å². The minimum absolute atomic E-state index is 0.800. The van der Waals surface area contributed by atoms with Gasteiger partial charge in [-0.15, -0.1) is 5.10 Å². The van der Waals surface area contributed by atoms with Gasteiger partial charge in [-0.1, -0.05) is 0 Å². The lowest BCUT2D eigenvalue weighted by molar-refractivity contribution is 0.787. The molecule has 5 heteroatoms. The standard InChI is InChI=1S/C8H11N5/c1-9-4-2-7-3-5-13-8(6-7)10-11-12-13/h3,5-6,9H,2,4H2,1H3. The lowest BCUT2D eigenvalue weighted by Gasteiger charge is -1.99. The molecule has 5 nitrogen and oxygen atoms in total. The molecule has 2 heterocycles. The van der Waals surface area contributed by atoms with Crippen molar-refractivity contribution in [2.24, 2.45) is 0 Å². The van der Waals surface area contributed by atoms with Crippen molar-refractivity contribution in [1.29, 1.82) is 0 Å². The number of pyridine rings is 1. The summed E-state index contributed by atoms with van der Waals surface area (Å²) in [7, 11) is 1.94. The zero-order chi connectivity index (χ0) is 9.10. The molecule has 0 saturated carbocycles. The highest BCUT2D eigenvalue weighted by Gasteiger charge is 1.97. The third-order valence-electron chi connectivity index (χ3n) is 1.93. The van der Waals surface area contributed by atoms with Crippen LogP contribution in [0.1, 0.15) is 5.56 Å². The van der Waals surface area contributed by atoms with Crippen LogP contribution in [0.5, 0.6) is 0 Å². The number of rotatable bonds is 3. The molecule has 2 aromatic rings. The molecule has 0 atom stereocenters. The van der Waals surface area contributed by atoms with Gasteiger partial charge in [0.1, 0.15) is 0 Å². The van der Waals surface area contributed by atoms with Gasteiger partial charge in [0.15, 0.2) is 5.65 Å². The summed E-state index contributed by atoms with van der Waals surface area (Å²) in [5.41, 5.74) is 2.05. The molecule has 0 fully saturated rings. The van der Waals surface area contributed by atoms with Gasteiger partial charge in [0.05, 0.1) is 0 Å². The van der Waals surface area contributed by atoms with E-state index in [-0.39, 0.29) is 0 Å². The predicted octanol–water partition coefficient (Wildman–Crippen LogP) is -0.114. The Morgan fingerprint density at radius 1 is 1.54 bits per heavy atom. The van der Waals surface area contributed by atoms with Gasteiger partial charge < -0.3 is 5.32 Å². The van der Waals surface area contributed by atoms with Crippen molar-refractivity contribution < 1.29 is 0 Å². The Morgan fingerprint density at radius 3 is 3.31 bits per heavy atom. The maximum Gasteiger partial charge on any atom is 0.179 e. The number of nitrogens with zero attached hydrogens (tertiary/aromatic N) is 4. The summed E-state index contributed by atoms with van der Waals surface area (Å²) in [6, 6.07) is 4.03. The number of nitrogens with one attached hydrogen (secondary N) is 1. The van der Waals surface area contributed by atoms with Crippen LogP contribution in [0.25, 0.3) is 5.65 Å². The molecule has 0 aliphatic carbocycles. The van der Waals surface area contributed by atoms with Gasteiger partial charge in [0.25, 0.3) is 0 Å². The van der Waals surface area contributed by atoms with E-state index in [1.807, 2.05) is 25.4 Å². The van der Waals surface area contributed by atoms with Gasteiger partial charge in [0.2, 0.25) is 0 Å². The molecule has 1 N–H and O–H groups in total. The van der Waals surface area contributed by atoms with Crippen LogP contribution in [0.4, 0.5) is 0 Å². The maximum atomic E-state index is 3.87. The largest absolute Gasteiger partial charge is 0.319 e. The second kappa shape index (κ2) is 3.49. The Morgan fingerprint density at radius 2 is 2.46 bits per heavy atom. The van der Waals surface area contributed by atoms with Crippen LogP contribution in [0.3, 0.4) is 0 Å². The number of hydrogen-bond acceptors (Lipinski definition) is 4. The molecule has 68 valence electrons. The molecular formula is C8H11N5. The average molecular weight is 177 g/mol. The lowest BCUT2D eigenvalue weighted by Crippen LogP contribution is -2.10. The van der Waals surface area contributed by atoms with Crippen LogP contribution < -0.4 is 5.32 Å². The van der Waals surface area contributed by atoms with Gasteiger partial charge in [-0.25, -0.2) is 4.52 Å². The van der Waals surface area contributed by atoms with Crippen LogP contribution in [0, 0.1) is 0 Å². The summed E-state index contributed by atoms with van der Waals surface area (Å²) in [6.45, 7) is 0.970. The van der Waals surface area contributed by atoms with Crippen molar-refractivity contribution in [3.8, 4) is 0 Å². The van der Waals surface area contributed by atoms with Crippen molar-refractivity contribution in [2.45, 2.75) is 6.42 Å². The summed E-state index contributed by atoms with van der Waals surface area (Å²) in [4.78, 5) is 0. The summed E-state index contributed by atoms with van der Waals surface area (Å²) >= 11 is 0. The zero-order valence-corrected chi connectivity index (χ0v) is 7.44. The maximum absolute atomic E-state index is 3.87. The first-order valence-electron chi connectivity index (χ1n) is 4.21. The fraction of sp³-hybridized carbons (Fsp3) is 0.375. The van der Waals surface area contributed by atoms with E-state index in [0.717, 1.165) is 18.6 Å². The summed E-state index contributed by atoms with van der Waals surface area (Å²) in [5.74, 6) is 0. The highest BCUT2D eigenvalue weighted by atomic mass is 15.5. The van der Waals surface area contributed by atoms with Crippen LogP contribution in [-0.2, 0) is 6.42 Å². The highest BCUT2D eigenvalue weighted by Crippen LogP contribution is 2.02. The van der Waals surface area contributed by atoms with Crippen molar-refractivity contribution in [2.75, 3.05) is 13.6 Å². The minimum atomic E-state index is 0.800. The number of aromatic nitrogens is 4. The lowest BCUT2D eigenvalue weighted by atomic mass is 10.2. The van der Waals surface area contributed by atoms with E-state index in [4.69, 9.17) is 0 Å². The summed E-state index contributed by atoms with van der Waals surface area (Å²) in [6.07, 6.45) is 2.88. The number of fused-ring (bicyclic) bond motifs is 1. The van der Waals surface area contributed by atoms with Crippen LogP contribution >= 0.6 is 0 Å². The molecule has 0 aromatic carbocycles. The minimum Gasteiger partial charge on any atom is -0.319 e. The second-order valence-electron chi connectivity index (χ2n) is 2.87. The van der Waals surface area contributed by atoms with E-state index in [2.05, 4.69) is 20.8 Å². The van der Waals surface area contributed by atoms with Gasteiger partial charge in [0, 0.05) is 6.20 Å². The molecule has 0 aliphatic heterocycles. The Hall–Kier alpha value is -1.49. The van der Waals surface area contributed by atoms with Gasteiger partial charge in [-0.3, -0.25) is 0 Å². The highest BCUT2D eigenvalue weighted by molar-refractivity contribution is 5.38. The first-order chi connectivity index (χ1) is 6.40. The smallest absolute Gasteiger partial charge is 0.179 e. The normalized spacial score (nSPS) is 10.8. The summed E-state index contributed by atoms with van der Waals surface area (Å²) < 4.78 is 1.66. The van der Waals surface area contributed by atoms with E-state index in [9.17, 15) is 0 Å². The molecule has 2 aromatic heterocycles. The number of hydrogen-bond donors (Lipinski definition) is 1. The predicted molar refractivity (Wildman–Crippen MR) is 48.4 cm³/mol. The van der Waals surface area contributed by atoms with Crippen LogP contribution in [0.2, 0.25) is 0 Å². The average Bonchev–Trinajstić information content (AvgIpc) is 2.61. The molecule has 2 rings (SSSR count). The fourth-order valence-electron chi connectivity index (χ4n) is 1.21. The zero-order valence-electron chi connectivity index (χ0n) is 7.44. The third kappa shape index (κ3) is 1.65. The Labute approximate surface area is 75.8 Å².